The van der Waals surface area contributed by atoms with Gasteiger partial charge in [-0.05, 0) is 5.56 Å². The van der Waals surface area contributed by atoms with Crippen LogP contribution < -0.4 is 0 Å². The fourth-order valence-electron chi connectivity index (χ4n) is 2.15. The van der Waals surface area contributed by atoms with Crippen LogP contribution >= 0.6 is 0 Å². The van der Waals surface area contributed by atoms with Gasteiger partial charge in [-0.2, -0.15) is 0 Å². The third kappa shape index (κ3) is 3.16. The largest absolute Gasteiger partial charge is 0.479 e. The first-order valence-electron chi connectivity index (χ1n) is 5.93. The monoisotopic (exact) mass is 297 g/mol. The van der Waals surface area contributed by atoms with Crippen LogP contribution in [-0.4, -0.2) is 48.3 Å². The molecule has 8 heteroatoms. The van der Waals surface area contributed by atoms with Gasteiger partial charge in [-0.15, -0.1) is 0 Å². The molecule has 0 saturated heterocycles. The minimum Gasteiger partial charge on any atom is -0.479 e. The molecule has 1 N–H and O–H groups in total. The second kappa shape index (κ2) is 6.80. The number of aliphatic carboxylic acids is 1. The van der Waals surface area contributed by atoms with Crippen LogP contribution in [0.3, 0.4) is 0 Å². The number of nitrogens with zero attached hydrogens (tertiary/aromatic N) is 1. The highest BCUT2D eigenvalue weighted by atomic mass is 16.6. The molecule has 0 aliphatic heterocycles. The Kier molecular flexibility index (Phi) is 5.37. The summed E-state index contributed by atoms with van der Waals surface area (Å²) < 4.78 is 9.38. The third-order valence-electron chi connectivity index (χ3n) is 3.15. The average Bonchev–Trinajstić information content (AvgIpc) is 2.47. The lowest BCUT2D eigenvalue weighted by Crippen LogP contribution is -2.55. The summed E-state index contributed by atoms with van der Waals surface area (Å²) in [6.45, 7) is -0.792. The standard InChI is InChI=1S/C13H15NO7/c1-20-12(17)13(21-2,11(15)16)10(8-14(18)19)9-6-4-3-5-7-9/h3-7,10H,8H2,1-2H3,(H,15,16). The van der Waals surface area contributed by atoms with E-state index in [4.69, 9.17) is 4.74 Å². The molecule has 1 aromatic carbocycles. The Balaban J connectivity index is 3.47. The third-order valence-corrected chi connectivity index (χ3v) is 3.15. The summed E-state index contributed by atoms with van der Waals surface area (Å²) in [4.78, 5) is 33.7. The van der Waals surface area contributed by atoms with E-state index in [0.717, 1.165) is 14.2 Å². The van der Waals surface area contributed by atoms with E-state index in [0.29, 0.717) is 5.56 Å². The maximum Gasteiger partial charge on any atom is 0.350 e. The molecular formula is C13H15NO7. The lowest BCUT2D eigenvalue weighted by atomic mass is 9.81. The molecule has 0 saturated carbocycles. The Morgan fingerprint density at radius 2 is 1.90 bits per heavy atom. The summed E-state index contributed by atoms with van der Waals surface area (Å²) in [5, 5.41) is 20.3. The van der Waals surface area contributed by atoms with Gasteiger partial charge in [0.1, 0.15) is 0 Å². The Labute approximate surface area is 120 Å². The number of esters is 1. The quantitative estimate of drug-likeness (QED) is 0.340. The second-order valence-corrected chi connectivity index (χ2v) is 4.22. The number of methoxy groups -OCH3 is 2. The highest BCUT2D eigenvalue weighted by molar-refractivity contribution is 6.04. The van der Waals surface area contributed by atoms with Gasteiger partial charge in [0.15, 0.2) is 0 Å². The first-order valence-corrected chi connectivity index (χ1v) is 5.93. The zero-order valence-corrected chi connectivity index (χ0v) is 11.5. The summed E-state index contributed by atoms with van der Waals surface area (Å²) in [6.07, 6.45) is 0. The van der Waals surface area contributed by atoms with Gasteiger partial charge >= 0.3 is 11.9 Å². The van der Waals surface area contributed by atoms with Crippen molar-refractivity contribution in [2.45, 2.75) is 11.5 Å². The van der Waals surface area contributed by atoms with Gasteiger partial charge in [0.05, 0.1) is 13.0 Å². The van der Waals surface area contributed by atoms with Crippen LogP contribution in [0.5, 0.6) is 0 Å². The van der Waals surface area contributed by atoms with E-state index in [1.807, 2.05) is 0 Å². The normalized spacial score (nSPS) is 14.8. The lowest BCUT2D eigenvalue weighted by Gasteiger charge is -2.31. The number of ether oxygens (including phenoxy) is 2. The van der Waals surface area contributed by atoms with Gasteiger partial charge in [0, 0.05) is 12.0 Å². The summed E-state index contributed by atoms with van der Waals surface area (Å²) >= 11 is 0. The topological polar surface area (TPSA) is 116 Å². The maximum absolute atomic E-state index is 12.0. The average molecular weight is 297 g/mol. The highest BCUT2D eigenvalue weighted by Gasteiger charge is 2.57. The van der Waals surface area contributed by atoms with Gasteiger partial charge in [-0.25, -0.2) is 9.59 Å². The van der Waals surface area contributed by atoms with E-state index in [-0.39, 0.29) is 0 Å². The minimum atomic E-state index is -2.48. The number of carbonyl (C=O) groups is 2. The molecule has 1 aromatic rings. The van der Waals surface area contributed by atoms with Crippen LogP contribution in [-0.2, 0) is 19.1 Å². The SMILES string of the molecule is COC(=O)C(OC)(C(=O)O)C(C[N+](=O)[O-])c1ccccc1. The summed E-state index contributed by atoms with van der Waals surface area (Å²) in [6, 6.07) is 7.82. The molecule has 0 fully saturated rings. The van der Waals surface area contributed by atoms with E-state index in [9.17, 15) is 24.8 Å². The number of carboxylic acid groups (broad SMARTS) is 1. The fraction of sp³-hybridized carbons (Fsp3) is 0.385. The summed E-state index contributed by atoms with van der Waals surface area (Å²) in [5.41, 5.74) is -2.19. The highest BCUT2D eigenvalue weighted by Crippen LogP contribution is 2.33. The molecule has 21 heavy (non-hydrogen) atoms. The predicted molar refractivity (Wildman–Crippen MR) is 70.4 cm³/mol. The van der Waals surface area contributed by atoms with Crippen LogP contribution in [0.25, 0.3) is 0 Å². The van der Waals surface area contributed by atoms with Crippen molar-refractivity contribution in [3.63, 3.8) is 0 Å². The minimum absolute atomic E-state index is 0.295. The molecule has 0 bridgehead atoms. The van der Waals surface area contributed by atoms with Crippen molar-refractivity contribution in [3.05, 3.63) is 46.0 Å². The van der Waals surface area contributed by atoms with E-state index in [2.05, 4.69) is 4.74 Å². The molecule has 2 atom stereocenters. The molecule has 8 nitrogen and oxygen atoms in total. The van der Waals surface area contributed by atoms with Gasteiger partial charge in [0.2, 0.25) is 6.54 Å². The van der Waals surface area contributed by atoms with Crippen molar-refractivity contribution in [2.24, 2.45) is 0 Å². The number of hydrogen-bond acceptors (Lipinski definition) is 6. The van der Waals surface area contributed by atoms with E-state index < -0.39 is 34.9 Å². The molecule has 0 heterocycles. The van der Waals surface area contributed by atoms with Crippen LogP contribution in [0, 0.1) is 10.1 Å². The fourth-order valence-corrected chi connectivity index (χ4v) is 2.15. The number of carbonyl (C=O) groups excluding carboxylic acids is 1. The first-order chi connectivity index (χ1) is 9.90. The first kappa shape index (κ1) is 16.6. The number of nitro groups is 1. The van der Waals surface area contributed by atoms with Crippen LogP contribution in [0.2, 0.25) is 0 Å². The van der Waals surface area contributed by atoms with Crippen LogP contribution in [0.4, 0.5) is 0 Å². The molecule has 114 valence electrons. The van der Waals surface area contributed by atoms with Crippen molar-refractivity contribution < 1.29 is 29.1 Å². The number of carboxylic acids is 1. The van der Waals surface area contributed by atoms with Crippen LogP contribution in [0.1, 0.15) is 11.5 Å². The number of rotatable bonds is 7. The Hall–Kier alpha value is -2.48. The van der Waals surface area contributed by atoms with Crippen molar-refractivity contribution >= 4 is 11.9 Å². The number of benzene rings is 1. The molecule has 0 spiro atoms. The van der Waals surface area contributed by atoms with Crippen molar-refractivity contribution in [2.75, 3.05) is 20.8 Å². The van der Waals surface area contributed by atoms with Crippen LogP contribution in [0.15, 0.2) is 30.3 Å². The molecule has 1 rings (SSSR count). The van der Waals surface area contributed by atoms with Gasteiger partial charge in [0.25, 0.3) is 5.60 Å². The molecule has 0 aliphatic rings. The molecular weight excluding hydrogens is 282 g/mol. The summed E-state index contributed by atoms with van der Waals surface area (Å²) in [7, 11) is 1.99. The Bertz CT molecular complexity index is 531. The van der Waals surface area contributed by atoms with Crippen molar-refractivity contribution in [3.8, 4) is 0 Å². The Morgan fingerprint density at radius 3 is 2.29 bits per heavy atom. The van der Waals surface area contributed by atoms with Gasteiger partial charge in [-0.3, -0.25) is 10.1 Å². The summed E-state index contributed by atoms with van der Waals surface area (Å²) in [5.74, 6) is -4.18. The predicted octanol–water partition coefficient (Wildman–Crippen LogP) is 0.690. The molecule has 2 unspecified atom stereocenters. The smallest absolute Gasteiger partial charge is 0.350 e. The van der Waals surface area contributed by atoms with E-state index >= 15 is 0 Å². The zero-order chi connectivity index (χ0) is 16.0. The van der Waals surface area contributed by atoms with Gasteiger partial charge < -0.3 is 14.6 Å². The molecule has 0 aliphatic carbocycles. The van der Waals surface area contributed by atoms with E-state index in [1.165, 1.54) is 12.1 Å². The van der Waals surface area contributed by atoms with Gasteiger partial charge in [-0.1, -0.05) is 30.3 Å². The van der Waals surface area contributed by atoms with Crippen molar-refractivity contribution in [1.29, 1.82) is 0 Å². The molecule has 0 radical (unpaired) electrons. The molecule has 0 aromatic heterocycles. The maximum atomic E-state index is 12.0. The lowest BCUT2D eigenvalue weighted by molar-refractivity contribution is -0.486. The van der Waals surface area contributed by atoms with E-state index in [1.54, 1.807) is 18.2 Å². The second-order valence-electron chi connectivity index (χ2n) is 4.22. The number of hydrogen-bond donors (Lipinski definition) is 1. The van der Waals surface area contributed by atoms with Crippen molar-refractivity contribution in [1.82, 2.24) is 0 Å². The zero-order valence-electron chi connectivity index (χ0n) is 11.5. The molecule has 0 amide bonds. The Morgan fingerprint density at radius 1 is 1.33 bits per heavy atom.